The molecule has 1 atom stereocenters. The monoisotopic (exact) mass is 360 g/mol. The van der Waals surface area contributed by atoms with Gasteiger partial charge < -0.3 is 24.9 Å². The molecule has 1 unspecified atom stereocenters. The summed E-state index contributed by atoms with van der Waals surface area (Å²) in [4.78, 5) is 24.3. The van der Waals surface area contributed by atoms with Gasteiger partial charge in [0.05, 0.1) is 6.33 Å². The number of carbonyl (C=O) groups is 1. The van der Waals surface area contributed by atoms with E-state index in [1.165, 1.54) is 18.7 Å². The SMILES string of the molecule is Cc1ccc(NS(=O)[O-])cc1NC(=O)Cn1cnc2ncnc(N)c21. The number of amides is 1. The van der Waals surface area contributed by atoms with Crippen LogP contribution < -0.4 is 15.8 Å². The van der Waals surface area contributed by atoms with Gasteiger partial charge in [-0.05, 0) is 24.6 Å². The molecule has 0 aliphatic rings. The molecule has 2 aromatic heterocycles. The van der Waals surface area contributed by atoms with Crippen LogP contribution in [0.5, 0.6) is 0 Å². The summed E-state index contributed by atoms with van der Waals surface area (Å²) in [6, 6.07) is 4.83. The summed E-state index contributed by atoms with van der Waals surface area (Å²) in [6.07, 6.45) is 2.76. The van der Waals surface area contributed by atoms with Crippen LogP contribution >= 0.6 is 0 Å². The van der Waals surface area contributed by atoms with Gasteiger partial charge in [0.25, 0.3) is 0 Å². The minimum Gasteiger partial charge on any atom is -0.755 e. The molecule has 0 aliphatic carbocycles. The number of hydrogen-bond donors (Lipinski definition) is 3. The molecule has 0 bridgehead atoms. The predicted octanol–water partition coefficient (Wildman–Crippen LogP) is 0.562. The minimum absolute atomic E-state index is 0.0430. The highest BCUT2D eigenvalue weighted by atomic mass is 32.2. The summed E-state index contributed by atoms with van der Waals surface area (Å²) in [6.45, 7) is 1.75. The number of nitrogens with one attached hydrogen (secondary N) is 2. The largest absolute Gasteiger partial charge is 0.755 e. The number of hydrogen-bond acceptors (Lipinski definition) is 7. The van der Waals surface area contributed by atoms with Crippen LogP contribution in [0.2, 0.25) is 0 Å². The van der Waals surface area contributed by atoms with Crippen molar-refractivity contribution in [2.45, 2.75) is 13.5 Å². The van der Waals surface area contributed by atoms with Gasteiger partial charge in [0.15, 0.2) is 11.5 Å². The molecule has 0 radical (unpaired) electrons. The summed E-state index contributed by atoms with van der Waals surface area (Å²) in [5.41, 5.74) is 8.32. The van der Waals surface area contributed by atoms with E-state index in [0.717, 1.165) is 5.56 Å². The van der Waals surface area contributed by atoms with Gasteiger partial charge in [-0.15, -0.1) is 0 Å². The molecule has 0 saturated heterocycles. The lowest BCUT2D eigenvalue weighted by Crippen LogP contribution is -2.19. The molecule has 1 amide bonds. The summed E-state index contributed by atoms with van der Waals surface area (Å²) in [5.74, 6) is -0.0957. The van der Waals surface area contributed by atoms with Crippen molar-refractivity contribution in [2.24, 2.45) is 0 Å². The van der Waals surface area contributed by atoms with Crippen molar-refractivity contribution in [3.05, 3.63) is 36.4 Å². The van der Waals surface area contributed by atoms with Gasteiger partial charge in [0.2, 0.25) is 5.91 Å². The molecule has 0 saturated carbocycles. The van der Waals surface area contributed by atoms with Crippen molar-refractivity contribution >= 4 is 45.5 Å². The van der Waals surface area contributed by atoms with Gasteiger partial charge in [-0.2, -0.15) is 0 Å². The Labute approximate surface area is 144 Å². The lowest BCUT2D eigenvalue weighted by molar-refractivity contribution is -0.116. The molecule has 4 N–H and O–H groups in total. The zero-order valence-corrected chi connectivity index (χ0v) is 13.9. The fourth-order valence-corrected chi connectivity index (χ4v) is 2.63. The number of imidazole rings is 1. The zero-order chi connectivity index (χ0) is 18.0. The van der Waals surface area contributed by atoms with E-state index in [0.29, 0.717) is 22.5 Å². The molecule has 130 valence electrons. The fraction of sp³-hybridized carbons (Fsp3) is 0.143. The Hall–Kier alpha value is -3.05. The van der Waals surface area contributed by atoms with E-state index in [4.69, 9.17) is 5.73 Å². The number of fused-ring (bicyclic) bond motifs is 1. The van der Waals surface area contributed by atoms with Crippen molar-refractivity contribution in [3.63, 3.8) is 0 Å². The minimum atomic E-state index is -2.44. The Balaban J connectivity index is 1.79. The van der Waals surface area contributed by atoms with Crippen molar-refractivity contribution in [1.82, 2.24) is 19.5 Å². The van der Waals surface area contributed by atoms with Crippen LogP contribution in [0.4, 0.5) is 17.2 Å². The molecule has 1 aromatic carbocycles. The average Bonchev–Trinajstić information content (AvgIpc) is 2.94. The van der Waals surface area contributed by atoms with E-state index >= 15 is 0 Å². The first-order valence-corrected chi connectivity index (χ1v) is 8.19. The fourth-order valence-electron chi connectivity index (χ4n) is 2.32. The van der Waals surface area contributed by atoms with Crippen LogP contribution in [0.25, 0.3) is 11.2 Å². The third-order valence-corrected chi connectivity index (χ3v) is 3.87. The molecule has 25 heavy (non-hydrogen) atoms. The molecule has 11 heteroatoms. The molecule has 3 rings (SSSR count). The van der Waals surface area contributed by atoms with Crippen LogP contribution in [0.3, 0.4) is 0 Å². The number of anilines is 3. The first kappa shape index (κ1) is 16.8. The predicted molar refractivity (Wildman–Crippen MR) is 92.1 cm³/mol. The van der Waals surface area contributed by atoms with Gasteiger partial charge >= 0.3 is 0 Å². The number of benzene rings is 1. The highest BCUT2D eigenvalue weighted by Gasteiger charge is 2.12. The molecular formula is C14H14N7O3S-. The second-order valence-electron chi connectivity index (χ2n) is 5.22. The van der Waals surface area contributed by atoms with Crippen LogP contribution in [0.1, 0.15) is 5.56 Å². The summed E-state index contributed by atoms with van der Waals surface area (Å²) in [7, 11) is 0. The van der Waals surface area contributed by atoms with E-state index in [1.807, 2.05) is 0 Å². The van der Waals surface area contributed by atoms with Crippen LogP contribution in [0, 0.1) is 6.92 Å². The summed E-state index contributed by atoms with van der Waals surface area (Å²) < 4.78 is 25.2. The topological polar surface area (TPSA) is 151 Å². The molecule has 0 fully saturated rings. The maximum Gasteiger partial charge on any atom is 0.244 e. The van der Waals surface area contributed by atoms with E-state index in [9.17, 15) is 13.6 Å². The van der Waals surface area contributed by atoms with Gasteiger partial charge in [0, 0.05) is 22.6 Å². The number of nitrogen functional groups attached to an aromatic ring is 1. The molecule has 0 spiro atoms. The van der Waals surface area contributed by atoms with E-state index in [-0.39, 0.29) is 18.3 Å². The van der Waals surface area contributed by atoms with E-state index < -0.39 is 11.3 Å². The Bertz CT molecular complexity index is 972. The highest BCUT2D eigenvalue weighted by Crippen LogP contribution is 2.21. The number of aryl methyl sites for hydroxylation is 1. The highest BCUT2D eigenvalue weighted by molar-refractivity contribution is 7.80. The second-order valence-corrected chi connectivity index (χ2v) is 5.89. The van der Waals surface area contributed by atoms with Gasteiger partial charge in [-0.25, -0.2) is 15.0 Å². The number of nitrogens with two attached hydrogens (primary N) is 1. The van der Waals surface area contributed by atoms with E-state index in [1.54, 1.807) is 23.6 Å². The molecule has 3 aromatic rings. The summed E-state index contributed by atoms with van der Waals surface area (Å²) >= 11 is -2.44. The van der Waals surface area contributed by atoms with Gasteiger partial charge in [0.1, 0.15) is 18.4 Å². The number of rotatable bonds is 5. The molecule has 0 aliphatic heterocycles. The number of nitrogens with zero attached hydrogens (tertiary/aromatic N) is 4. The van der Waals surface area contributed by atoms with Crippen LogP contribution in [-0.2, 0) is 22.6 Å². The molecule has 2 heterocycles. The van der Waals surface area contributed by atoms with E-state index in [2.05, 4.69) is 25.0 Å². The third kappa shape index (κ3) is 3.72. The maximum absolute atomic E-state index is 12.3. The van der Waals surface area contributed by atoms with Gasteiger partial charge in [-0.3, -0.25) is 9.00 Å². The third-order valence-electron chi connectivity index (χ3n) is 3.46. The van der Waals surface area contributed by atoms with Crippen LogP contribution in [0.15, 0.2) is 30.9 Å². The Morgan fingerprint density at radius 2 is 2.16 bits per heavy atom. The Morgan fingerprint density at radius 3 is 2.92 bits per heavy atom. The summed E-state index contributed by atoms with van der Waals surface area (Å²) in [5, 5.41) is 2.74. The van der Waals surface area contributed by atoms with Crippen molar-refractivity contribution in [3.8, 4) is 0 Å². The first-order valence-electron chi connectivity index (χ1n) is 7.12. The van der Waals surface area contributed by atoms with Crippen molar-refractivity contribution < 1.29 is 13.6 Å². The number of aromatic nitrogens is 4. The zero-order valence-electron chi connectivity index (χ0n) is 13.1. The normalized spacial score (nSPS) is 12.1. The smallest absolute Gasteiger partial charge is 0.244 e. The van der Waals surface area contributed by atoms with Crippen molar-refractivity contribution in [2.75, 3.05) is 15.8 Å². The molecular weight excluding hydrogens is 346 g/mol. The average molecular weight is 360 g/mol. The van der Waals surface area contributed by atoms with Crippen LogP contribution in [-0.4, -0.2) is 34.2 Å². The lowest BCUT2D eigenvalue weighted by atomic mass is 10.2. The first-order chi connectivity index (χ1) is 11.9. The number of carbonyl (C=O) groups excluding carboxylic acids is 1. The lowest BCUT2D eigenvalue weighted by Gasteiger charge is -2.13. The quantitative estimate of drug-likeness (QED) is 0.562. The standard InChI is InChI=1S/C14H15N7O3S/c1-8-2-3-9(20-25(23)24)4-10(8)19-11(22)5-21-7-18-14-12(21)13(15)16-6-17-14/h2-4,6-7,20H,5H2,1H3,(H,19,22)(H,23,24)(H2,15,16,17)/p-1. The molecule has 10 nitrogen and oxygen atoms in total. The van der Waals surface area contributed by atoms with Crippen molar-refractivity contribution in [1.29, 1.82) is 0 Å². The van der Waals surface area contributed by atoms with Gasteiger partial charge in [-0.1, -0.05) is 6.07 Å². The Kier molecular flexibility index (Phi) is 4.59. The maximum atomic E-state index is 12.3. The Morgan fingerprint density at radius 1 is 1.36 bits per heavy atom. The second kappa shape index (κ2) is 6.83.